The molecule has 0 unspecified atom stereocenters. The quantitative estimate of drug-likeness (QED) is 0.930. The molecule has 6 nitrogen and oxygen atoms in total. The van der Waals surface area contributed by atoms with E-state index in [1.807, 2.05) is 25.1 Å². The normalized spacial score (nSPS) is 14.0. The van der Waals surface area contributed by atoms with Crippen LogP contribution in [0.5, 0.6) is 0 Å². The van der Waals surface area contributed by atoms with Gasteiger partial charge < -0.3 is 10.2 Å². The first-order chi connectivity index (χ1) is 10.3. The third-order valence-electron chi connectivity index (χ3n) is 3.54. The van der Waals surface area contributed by atoms with Crippen molar-refractivity contribution in [1.29, 1.82) is 5.26 Å². The Balaban J connectivity index is 1.77. The summed E-state index contributed by atoms with van der Waals surface area (Å²) in [4.78, 5) is 6.95. The molecule has 0 saturated carbocycles. The Labute approximate surface area is 123 Å². The van der Waals surface area contributed by atoms with Crippen molar-refractivity contribution < 1.29 is 0 Å². The number of aryl methyl sites for hydroxylation is 1. The summed E-state index contributed by atoms with van der Waals surface area (Å²) in [6.45, 7) is 4.14. The Morgan fingerprint density at radius 3 is 2.57 bits per heavy atom. The highest BCUT2D eigenvalue weighted by Crippen LogP contribution is 2.23. The molecule has 1 N–H and O–H groups in total. The van der Waals surface area contributed by atoms with Crippen LogP contribution >= 0.6 is 0 Å². The molecule has 2 aromatic rings. The molecule has 0 aliphatic carbocycles. The molecule has 3 rings (SSSR count). The lowest BCUT2D eigenvalue weighted by molar-refractivity contribution is 0.929. The Bertz CT molecular complexity index is 668. The van der Waals surface area contributed by atoms with Crippen molar-refractivity contribution in [1.82, 2.24) is 15.2 Å². The standard InChI is InChI=1S/C15H16N6/c1-11-13(18-14-6-4-12(10-16)19-20-14)5-7-15(17-11)21-8-2-3-9-21/h4-7H,2-3,8-9H2,1H3,(H,18,20). The fraction of sp³-hybridized carbons (Fsp3) is 0.333. The van der Waals surface area contributed by atoms with E-state index in [0.717, 1.165) is 30.3 Å². The summed E-state index contributed by atoms with van der Waals surface area (Å²) in [6.07, 6.45) is 2.48. The van der Waals surface area contributed by atoms with Crippen LogP contribution in [0.2, 0.25) is 0 Å². The molecule has 0 spiro atoms. The van der Waals surface area contributed by atoms with Crippen molar-refractivity contribution in [2.45, 2.75) is 19.8 Å². The zero-order valence-electron chi connectivity index (χ0n) is 11.9. The van der Waals surface area contributed by atoms with Crippen LogP contribution in [0.15, 0.2) is 24.3 Å². The number of aromatic nitrogens is 3. The number of nitrogens with one attached hydrogen (secondary N) is 1. The van der Waals surface area contributed by atoms with Crippen molar-refractivity contribution in [2.24, 2.45) is 0 Å². The lowest BCUT2D eigenvalue weighted by Crippen LogP contribution is -2.19. The molecule has 0 aromatic carbocycles. The van der Waals surface area contributed by atoms with Crippen molar-refractivity contribution in [3.05, 3.63) is 35.7 Å². The summed E-state index contributed by atoms with van der Waals surface area (Å²) < 4.78 is 0. The van der Waals surface area contributed by atoms with E-state index < -0.39 is 0 Å². The second-order valence-corrected chi connectivity index (χ2v) is 5.04. The molecule has 2 aromatic heterocycles. The predicted octanol–water partition coefficient (Wildman–Crippen LogP) is 2.40. The molecule has 6 heteroatoms. The summed E-state index contributed by atoms with van der Waals surface area (Å²) >= 11 is 0. The van der Waals surface area contributed by atoms with E-state index >= 15 is 0 Å². The largest absolute Gasteiger partial charge is 0.357 e. The van der Waals surface area contributed by atoms with E-state index in [-0.39, 0.29) is 0 Å². The highest BCUT2D eigenvalue weighted by molar-refractivity contribution is 5.61. The second kappa shape index (κ2) is 5.75. The van der Waals surface area contributed by atoms with Gasteiger partial charge in [0, 0.05) is 13.1 Å². The first-order valence-corrected chi connectivity index (χ1v) is 7.00. The molecule has 1 saturated heterocycles. The third kappa shape index (κ3) is 2.92. The van der Waals surface area contributed by atoms with Gasteiger partial charge in [0.1, 0.15) is 11.9 Å². The van der Waals surface area contributed by atoms with Gasteiger partial charge in [0.15, 0.2) is 11.5 Å². The fourth-order valence-electron chi connectivity index (χ4n) is 2.40. The Kier molecular flexibility index (Phi) is 3.65. The van der Waals surface area contributed by atoms with Gasteiger partial charge in [0.05, 0.1) is 11.4 Å². The third-order valence-corrected chi connectivity index (χ3v) is 3.54. The molecule has 0 amide bonds. The Hall–Kier alpha value is -2.68. The molecule has 1 aliphatic rings. The number of hydrogen-bond donors (Lipinski definition) is 1. The van der Waals surface area contributed by atoms with E-state index in [4.69, 9.17) is 5.26 Å². The maximum atomic E-state index is 8.71. The number of pyridine rings is 1. The van der Waals surface area contributed by atoms with Crippen LogP contribution in [0, 0.1) is 18.3 Å². The molecule has 0 bridgehead atoms. The van der Waals surface area contributed by atoms with Gasteiger partial charge in [-0.2, -0.15) is 5.26 Å². The van der Waals surface area contributed by atoms with Crippen molar-refractivity contribution in [3.8, 4) is 6.07 Å². The number of anilines is 3. The average molecular weight is 280 g/mol. The van der Waals surface area contributed by atoms with Crippen LogP contribution in [-0.4, -0.2) is 28.3 Å². The minimum absolute atomic E-state index is 0.305. The molecule has 1 aliphatic heterocycles. The fourth-order valence-corrected chi connectivity index (χ4v) is 2.40. The number of rotatable bonds is 3. The highest BCUT2D eigenvalue weighted by Gasteiger charge is 2.14. The van der Waals surface area contributed by atoms with E-state index in [1.165, 1.54) is 12.8 Å². The Morgan fingerprint density at radius 2 is 1.95 bits per heavy atom. The van der Waals surface area contributed by atoms with Crippen LogP contribution in [-0.2, 0) is 0 Å². The van der Waals surface area contributed by atoms with Crippen molar-refractivity contribution in [2.75, 3.05) is 23.3 Å². The molecule has 1 fully saturated rings. The second-order valence-electron chi connectivity index (χ2n) is 5.04. The lowest BCUT2D eigenvalue weighted by Gasteiger charge is -2.18. The molecule has 0 radical (unpaired) electrons. The van der Waals surface area contributed by atoms with Crippen LogP contribution in [0.3, 0.4) is 0 Å². The minimum atomic E-state index is 0.305. The van der Waals surface area contributed by atoms with E-state index in [1.54, 1.807) is 12.1 Å². The first kappa shape index (κ1) is 13.3. The average Bonchev–Trinajstić information content (AvgIpc) is 3.04. The van der Waals surface area contributed by atoms with Gasteiger partial charge in [-0.25, -0.2) is 4.98 Å². The molecule has 3 heterocycles. The van der Waals surface area contributed by atoms with Gasteiger partial charge in [-0.1, -0.05) is 0 Å². The molecule has 21 heavy (non-hydrogen) atoms. The van der Waals surface area contributed by atoms with E-state index in [9.17, 15) is 0 Å². The smallest absolute Gasteiger partial charge is 0.163 e. The summed E-state index contributed by atoms with van der Waals surface area (Å²) in [5.41, 5.74) is 2.13. The zero-order chi connectivity index (χ0) is 14.7. The maximum Gasteiger partial charge on any atom is 0.163 e. The minimum Gasteiger partial charge on any atom is -0.357 e. The highest BCUT2D eigenvalue weighted by atomic mass is 15.2. The van der Waals surface area contributed by atoms with Crippen molar-refractivity contribution >= 4 is 17.3 Å². The van der Waals surface area contributed by atoms with Crippen molar-refractivity contribution in [3.63, 3.8) is 0 Å². The van der Waals surface area contributed by atoms with Gasteiger partial charge in [0.2, 0.25) is 0 Å². The van der Waals surface area contributed by atoms with Gasteiger partial charge in [-0.15, -0.1) is 10.2 Å². The van der Waals surface area contributed by atoms with Gasteiger partial charge in [0.25, 0.3) is 0 Å². The lowest BCUT2D eigenvalue weighted by atomic mass is 10.3. The van der Waals surface area contributed by atoms with Crippen LogP contribution in [0.4, 0.5) is 17.3 Å². The van der Waals surface area contributed by atoms with Crippen LogP contribution in [0.25, 0.3) is 0 Å². The zero-order valence-corrected chi connectivity index (χ0v) is 11.9. The topological polar surface area (TPSA) is 77.7 Å². The first-order valence-electron chi connectivity index (χ1n) is 7.00. The number of hydrogen-bond acceptors (Lipinski definition) is 6. The SMILES string of the molecule is Cc1nc(N2CCCC2)ccc1Nc1ccc(C#N)nn1. The molecule has 0 atom stereocenters. The maximum absolute atomic E-state index is 8.71. The summed E-state index contributed by atoms with van der Waals surface area (Å²) in [6, 6.07) is 9.36. The Morgan fingerprint density at radius 1 is 1.14 bits per heavy atom. The number of nitriles is 1. The van der Waals surface area contributed by atoms with Gasteiger partial charge in [-0.3, -0.25) is 0 Å². The van der Waals surface area contributed by atoms with Gasteiger partial charge >= 0.3 is 0 Å². The summed E-state index contributed by atoms with van der Waals surface area (Å²) in [7, 11) is 0. The molecule has 106 valence electrons. The van der Waals surface area contributed by atoms with E-state index in [2.05, 4.69) is 25.4 Å². The summed E-state index contributed by atoms with van der Waals surface area (Å²) in [5, 5.41) is 19.7. The molecular formula is C15H16N6. The van der Waals surface area contributed by atoms with Crippen LogP contribution in [0.1, 0.15) is 24.2 Å². The van der Waals surface area contributed by atoms with Gasteiger partial charge in [-0.05, 0) is 44.0 Å². The number of nitrogens with zero attached hydrogens (tertiary/aromatic N) is 5. The summed E-state index contributed by atoms with van der Waals surface area (Å²) in [5.74, 6) is 1.63. The monoisotopic (exact) mass is 280 g/mol. The van der Waals surface area contributed by atoms with Crippen LogP contribution < -0.4 is 10.2 Å². The van der Waals surface area contributed by atoms with E-state index in [0.29, 0.717) is 11.5 Å². The predicted molar refractivity (Wildman–Crippen MR) is 80.5 cm³/mol. The molecular weight excluding hydrogens is 264 g/mol.